The number of likely N-dealkylation sites (tertiary alicyclic amines) is 1. The first kappa shape index (κ1) is 17.5. The SMILES string of the molecule is COc1ccc2[nH]cc(C(=O)NCCC3CCCN(C)C3)c(=O)c2c1. The molecule has 1 amide bonds. The molecule has 1 unspecified atom stereocenters. The van der Waals surface area contributed by atoms with Gasteiger partial charge >= 0.3 is 0 Å². The minimum Gasteiger partial charge on any atom is -0.497 e. The Morgan fingerprint density at radius 1 is 1.44 bits per heavy atom. The summed E-state index contributed by atoms with van der Waals surface area (Å²) < 4.78 is 5.16. The first-order chi connectivity index (χ1) is 12.1. The Morgan fingerprint density at radius 2 is 2.28 bits per heavy atom. The fourth-order valence-corrected chi connectivity index (χ4v) is 3.49. The summed E-state index contributed by atoms with van der Waals surface area (Å²) in [5, 5.41) is 3.35. The van der Waals surface area contributed by atoms with E-state index in [0.717, 1.165) is 19.5 Å². The molecule has 6 heteroatoms. The molecule has 1 atom stereocenters. The van der Waals surface area contributed by atoms with Gasteiger partial charge in [0.15, 0.2) is 0 Å². The third kappa shape index (κ3) is 4.02. The van der Waals surface area contributed by atoms with E-state index in [0.29, 0.717) is 29.1 Å². The summed E-state index contributed by atoms with van der Waals surface area (Å²) in [4.78, 5) is 30.3. The Balaban J connectivity index is 1.67. The topological polar surface area (TPSA) is 74.4 Å². The van der Waals surface area contributed by atoms with Crippen LogP contribution < -0.4 is 15.5 Å². The van der Waals surface area contributed by atoms with E-state index in [1.165, 1.54) is 19.0 Å². The van der Waals surface area contributed by atoms with Gasteiger partial charge in [0.25, 0.3) is 5.91 Å². The second-order valence-corrected chi connectivity index (χ2v) is 6.76. The van der Waals surface area contributed by atoms with Crippen molar-refractivity contribution >= 4 is 16.8 Å². The van der Waals surface area contributed by atoms with Crippen LogP contribution in [0.25, 0.3) is 10.9 Å². The van der Waals surface area contributed by atoms with Crippen molar-refractivity contribution in [2.24, 2.45) is 5.92 Å². The number of hydrogen-bond acceptors (Lipinski definition) is 4. The van der Waals surface area contributed by atoms with Crippen LogP contribution in [0, 0.1) is 5.92 Å². The summed E-state index contributed by atoms with van der Waals surface area (Å²) in [7, 11) is 3.68. The fraction of sp³-hybridized carbons (Fsp3) is 0.474. The molecule has 0 bridgehead atoms. The Kier molecular flexibility index (Phi) is 5.38. The van der Waals surface area contributed by atoms with Gasteiger partial charge in [-0.15, -0.1) is 0 Å². The average Bonchev–Trinajstić information content (AvgIpc) is 2.62. The smallest absolute Gasteiger partial charge is 0.256 e. The van der Waals surface area contributed by atoms with Gasteiger partial charge in [0, 0.05) is 30.2 Å². The number of H-pyrrole nitrogens is 1. The molecule has 2 aromatic rings. The second kappa shape index (κ2) is 7.70. The van der Waals surface area contributed by atoms with Crippen molar-refractivity contribution in [1.29, 1.82) is 0 Å². The Hall–Kier alpha value is -2.34. The minimum atomic E-state index is -0.324. The van der Waals surface area contributed by atoms with Crippen LogP contribution in [0.1, 0.15) is 29.6 Å². The lowest BCUT2D eigenvalue weighted by Crippen LogP contribution is -2.35. The van der Waals surface area contributed by atoms with Crippen LogP contribution in [0.4, 0.5) is 0 Å². The molecule has 134 valence electrons. The molecule has 1 aliphatic rings. The lowest BCUT2D eigenvalue weighted by atomic mass is 9.95. The Labute approximate surface area is 147 Å². The Bertz CT molecular complexity index is 815. The summed E-state index contributed by atoms with van der Waals surface area (Å²) in [6.45, 7) is 2.82. The summed E-state index contributed by atoms with van der Waals surface area (Å²) in [6, 6.07) is 5.21. The first-order valence-corrected chi connectivity index (χ1v) is 8.74. The number of benzene rings is 1. The van der Waals surface area contributed by atoms with Crippen LogP contribution in [0.5, 0.6) is 5.75 Å². The molecule has 1 aromatic heterocycles. The van der Waals surface area contributed by atoms with E-state index in [1.54, 1.807) is 25.3 Å². The van der Waals surface area contributed by atoms with Crippen molar-refractivity contribution in [1.82, 2.24) is 15.2 Å². The van der Waals surface area contributed by atoms with E-state index in [4.69, 9.17) is 4.74 Å². The quantitative estimate of drug-likeness (QED) is 0.871. The average molecular weight is 343 g/mol. The number of methoxy groups -OCH3 is 1. The summed E-state index contributed by atoms with van der Waals surface area (Å²) in [6.07, 6.45) is 4.84. The molecule has 6 nitrogen and oxygen atoms in total. The molecular weight excluding hydrogens is 318 g/mol. The van der Waals surface area contributed by atoms with Crippen LogP contribution in [0.15, 0.2) is 29.2 Å². The minimum absolute atomic E-state index is 0.140. The maximum atomic E-state index is 12.6. The number of pyridine rings is 1. The zero-order chi connectivity index (χ0) is 17.8. The van der Waals surface area contributed by atoms with Gasteiger partial charge in [-0.3, -0.25) is 9.59 Å². The predicted octanol–water partition coefficient (Wildman–Crippen LogP) is 2.00. The number of aromatic nitrogens is 1. The number of nitrogens with one attached hydrogen (secondary N) is 2. The highest BCUT2D eigenvalue weighted by atomic mass is 16.5. The molecule has 1 aromatic carbocycles. The van der Waals surface area contributed by atoms with Gasteiger partial charge in [0.05, 0.1) is 7.11 Å². The van der Waals surface area contributed by atoms with E-state index in [1.807, 2.05) is 0 Å². The van der Waals surface area contributed by atoms with E-state index < -0.39 is 0 Å². The maximum absolute atomic E-state index is 12.6. The summed E-state index contributed by atoms with van der Waals surface area (Å²) in [5.74, 6) is 0.880. The highest BCUT2D eigenvalue weighted by Gasteiger charge is 2.18. The third-order valence-electron chi connectivity index (χ3n) is 4.89. The van der Waals surface area contributed by atoms with Crippen molar-refractivity contribution in [2.75, 3.05) is 33.8 Å². The van der Waals surface area contributed by atoms with Crippen molar-refractivity contribution in [3.8, 4) is 5.75 Å². The van der Waals surface area contributed by atoms with Crippen LogP contribution in [-0.4, -0.2) is 49.6 Å². The highest BCUT2D eigenvalue weighted by molar-refractivity contribution is 5.97. The van der Waals surface area contributed by atoms with Crippen molar-refractivity contribution < 1.29 is 9.53 Å². The molecular formula is C19H25N3O3. The molecule has 1 aliphatic heterocycles. The zero-order valence-electron chi connectivity index (χ0n) is 14.8. The number of hydrogen-bond donors (Lipinski definition) is 2. The molecule has 1 saturated heterocycles. The van der Waals surface area contributed by atoms with E-state index in [9.17, 15) is 9.59 Å². The van der Waals surface area contributed by atoms with E-state index in [2.05, 4.69) is 22.2 Å². The van der Waals surface area contributed by atoms with Gasteiger partial charge in [0.2, 0.25) is 5.43 Å². The first-order valence-electron chi connectivity index (χ1n) is 8.74. The number of piperidine rings is 1. The molecule has 25 heavy (non-hydrogen) atoms. The van der Waals surface area contributed by atoms with Crippen LogP contribution >= 0.6 is 0 Å². The van der Waals surface area contributed by atoms with Crippen molar-refractivity contribution in [3.05, 3.63) is 40.2 Å². The normalized spacial score (nSPS) is 18.2. The maximum Gasteiger partial charge on any atom is 0.256 e. The van der Waals surface area contributed by atoms with E-state index >= 15 is 0 Å². The number of amides is 1. The summed E-state index contributed by atoms with van der Waals surface area (Å²) in [5.41, 5.74) is 0.552. The number of nitrogens with zero attached hydrogens (tertiary/aromatic N) is 1. The van der Waals surface area contributed by atoms with Crippen LogP contribution in [0.2, 0.25) is 0 Å². The van der Waals surface area contributed by atoms with Crippen LogP contribution in [0.3, 0.4) is 0 Å². The molecule has 0 spiro atoms. The second-order valence-electron chi connectivity index (χ2n) is 6.76. The lowest BCUT2D eigenvalue weighted by molar-refractivity contribution is 0.0947. The number of carbonyl (C=O) groups is 1. The highest BCUT2D eigenvalue weighted by Crippen LogP contribution is 2.18. The monoisotopic (exact) mass is 343 g/mol. The lowest BCUT2D eigenvalue weighted by Gasteiger charge is -2.29. The zero-order valence-corrected chi connectivity index (χ0v) is 14.8. The number of carbonyl (C=O) groups excluding carboxylic acids is 1. The van der Waals surface area contributed by atoms with Gasteiger partial charge in [-0.2, -0.15) is 0 Å². The van der Waals surface area contributed by atoms with Crippen LogP contribution in [-0.2, 0) is 0 Å². The Morgan fingerprint density at radius 3 is 3.04 bits per heavy atom. The molecule has 0 radical (unpaired) electrons. The van der Waals surface area contributed by atoms with Crippen molar-refractivity contribution in [3.63, 3.8) is 0 Å². The number of fused-ring (bicyclic) bond motifs is 1. The molecule has 2 heterocycles. The molecule has 1 fully saturated rings. The van der Waals surface area contributed by atoms with E-state index in [-0.39, 0.29) is 16.9 Å². The predicted molar refractivity (Wildman–Crippen MR) is 98.3 cm³/mol. The summed E-state index contributed by atoms with van der Waals surface area (Å²) >= 11 is 0. The van der Waals surface area contributed by atoms with Gasteiger partial charge in [-0.1, -0.05) is 0 Å². The van der Waals surface area contributed by atoms with Gasteiger partial charge in [-0.05, 0) is 57.0 Å². The molecule has 0 saturated carbocycles. The van der Waals surface area contributed by atoms with Gasteiger partial charge in [-0.25, -0.2) is 0 Å². The largest absolute Gasteiger partial charge is 0.497 e. The third-order valence-corrected chi connectivity index (χ3v) is 4.89. The standard InChI is InChI=1S/C19H25N3O3/c1-22-9-3-4-13(12-22)7-8-20-19(24)16-11-21-17-6-5-14(25-2)10-15(17)18(16)23/h5-6,10-11,13H,3-4,7-9,12H2,1-2H3,(H,20,24)(H,21,23). The number of aromatic amines is 1. The number of rotatable bonds is 5. The molecule has 0 aliphatic carbocycles. The molecule has 3 rings (SSSR count). The van der Waals surface area contributed by atoms with Gasteiger partial charge in [0.1, 0.15) is 11.3 Å². The van der Waals surface area contributed by atoms with Crippen molar-refractivity contribution in [2.45, 2.75) is 19.3 Å². The molecule has 2 N–H and O–H groups in total. The number of ether oxygens (including phenoxy) is 1. The van der Waals surface area contributed by atoms with Gasteiger partial charge < -0.3 is 19.9 Å². The fourth-order valence-electron chi connectivity index (χ4n) is 3.49.